The van der Waals surface area contributed by atoms with Crippen molar-refractivity contribution >= 4 is 6.03 Å². The lowest BCUT2D eigenvalue weighted by Crippen LogP contribution is -2.47. The molecule has 0 spiro atoms. The van der Waals surface area contributed by atoms with Crippen LogP contribution in [0.1, 0.15) is 41.5 Å². The zero-order chi connectivity index (χ0) is 19.1. The summed E-state index contributed by atoms with van der Waals surface area (Å²) in [4.78, 5) is 15.3. The lowest BCUT2D eigenvalue weighted by molar-refractivity contribution is 0.0259. The first kappa shape index (κ1) is 17.6. The Bertz CT molecular complexity index is 869. The van der Waals surface area contributed by atoms with Gasteiger partial charge in [-0.3, -0.25) is 0 Å². The van der Waals surface area contributed by atoms with Crippen molar-refractivity contribution in [2.75, 3.05) is 19.8 Å². The Hall–Kier alpha value is -2.53. The van der Waals surface area contributed by atoms with Crippen molar-refractivity contribution in [2.24, 2.45) is 5.92 Å². The third-order valence-electron chi connectivity index (χ3n) is 6.71. The fourth-order valence-electron chi connectivity index (χ4n) is 5.31. The van der Waals surface area contributed by atoms with Crippen LogP contribution in [0.2, 0.25) is 0 Å². The second-order valence-corrected chi connectivity index (χ2v) is 8.15. The molecule has 0 aromatic heterocycles. The van der Waals surface area contributed by atoms with Crippen LogP contribution in [0.5, 0.6) is 5.75 Å². The molecule has 2 saturated heterocycles. The van der Waals surface area contributed by atoms with Crippen LogP contribution >= 0.6 is 0 Å². The van der Waals surface area contributed by atoms with E-state index in [4.69, 9.17) is 4.74 Å². The molecule has 2 heterocycles. The van der Waals surface area contributed by atoms with Gasteiger partial charge in [-0.15, -0.1) is 0 Å². The number of hydrogen-bond donors (Lipinski definition) is 2. The van der Waals surface area contributed by atoms with Gasteiger partial charge in [0.05, 0.1) is 12.6 Å². The molecule has 2 aromatic carbocycles. The SMILES string of the molecule is O=C(NC1CCc2c(O)cccc21)N1CC(c2ccccc2)C2COCCC21. The highest BCUT2D eigenvalue weighted by atomic mass is 16.5. The highest BCUT2D eigenvalue weighted by Crippen LogP contribution is 2.42. The van der Waals surface area contributed by atoms with E-state index >= 15 is 0 Å². The molecular formula is C23H26N2O3. The van der Waals surface area contributed by atoms with Crippen molar-refractivity contribution in [2.45, 2.75) is 37.3 Å². The summed E-state index contributed by atoms with van der Waals surface area (Å²) in [7, 11) is 0. The zero-order valence-corrected chi connectivity index (χ0v) is 15.9. The lowest BCUT2D eigenvalue weighted by Gasteiger charge is -2.33. The summed E-state index contributed by atoms with van der Waals surface area (Å²) in [5, 5.41) is 13.3. The minimum absolute atomic E-state index is 0.0107. The summed E-state index contributed by atoms with van der Waals surface area (Å²) >= 11 is 0. The highest BCUT2D eigenvalue weighted by Gasteiger charge is 2.46. The number of hydrogen-bond acceptors (Lipinski definition) is 3. The summed E-state index contributed by atoms with van der Waals surface area (Å²) in [5.41, 5.74) is 3.31. The largest absolute Gasteiger partial charge is 0.508 e. The summed E-state index contributed by atoms with van der Waals surface area (Å²) in [5.74, 6) is 1.00. The van der Waals surface area contributed by atoms with Crippen LogP contribution in [0.3, 0.4) is 0 Å². The van der Waals surface area contributed by atoms with Crippen LogP contribution in [-0.2, 0) is 11.2 Å². The minimum atomic E-state index is -0.0244. The van der Waals surface area contributed by atoms with Crippen molar-refractivity contribution in [1.82, 2.24) is 10.2 Å². The lowest BCUT2D eigenvalue weighted by atomic mass is 9.84. The number of carbonyl (C=O) groups excluding carboxylic acids is 1. The predicted octanol–water partition coefficient (Wildman–Crippen LogP) is 3.59. The molecule has 1 aliphatic carbocycles. The Morgan fingerprint density at radius 1 is 1.11 bits per heavy atom. The average molecular weight is 378 g/mol. The summed E-state index contributed by atoms with van der Waals surface area (Å²) < 4.78 is 5.77. The van der Waals surface area contributed by atoms with E-state index in [0.29, 0.717) is 30.8 Å². The van der Waals surface area contributed by atoms with E-state index in [1.165, 1.54) is 5.56 Å². The van der Waals surface area contributed by atoms with Crippen molar-refractivity contribution in [3.63, 3.8) is 0 Å². The molecule has 3 aliphatic rings. The van der Waals surface area contributed by atoms with Gasteiger partial charge in [0.15, 0.2) is 0 Å². The molecule has 4 unspecified atom stereocenters. The first-order chi connectivity index (χ1) is 13.7. The van der Waals surface area contributed by atoms with Crippen LogP contribution in [0.4, 0.5) is 4.79 Å². The van der Waals surface area contributed by atoms with E-state index in [1.807, 2.05) is 23.1 Å². The number of rotatable bonds is 2. The first-order valence-corrected chi connectivity index (χ1v) is 10.2. The van der Waals surface area contributed by atoms with Crippen LogP contribution in [0, 0.1) is 5.92 Å². The topological polar surface area (TPSA) is 61.8 Å². The molecule has 0 saturated carbocycles. The number of likely N-dealkylation sites (tertiary alicyclic amines) is 1. The number of phenols is 1. The summed E-state index contributed by atoms with van der Waals surface area (Å²) in [6.45, 7) is 2.16. The number of ether oxygens (including phenoxy) is 1. The average Bonchev–Trinajstić information content (AvgIpc) is 3.32. The third kappa shape index (κ3) is 2.94. The molecule has 5 heteroatoms. The maximum atomic E-state index is 13.2. The van der Waals surface area contributed by atoms with Crippen molar-refractivity contribution in [3.8, 4) is 5.75 Å². The van der Waals surface area contributed by atoms with E-state index < -0.39 is 0 Å². The number of benzene rings is 2. The van der Waals surface area contributed by atoms with E-state index in [0.717, 1.165) is 36.9 Å². The first-order valence-electron chi connectivity index (χ1n) is 10.2. The summed E-state index contributed by atoms with van der Waals surface area (Å²) in [6.07, 6.45) is 2.54. The van der Waals surface area contributed by atoms with Gasteiger partial charge in [-0.1, -0.05) is 42.5 Å². The van der Waals surface area contributed by atoms with Gasteiger partial charge in [0.25, 0.3) is 0 Å². The van der Waals surface area contributed by atoms with Gasteiger partial charge < -0.3 is 20.1 Å². The summed E-state index contributed by atoms with van der Waals surface area (Å²) in [6, 6.07) is 16.3. The molecule has 28 heavy (non-hydrogen) atoms. The second kappa shape index (κ2) is 7.13. The van der Waals surface area contributed by atoms with Crippen LogP contribution in [0.25, 0.3) is 0 Å². The quantitative estimate of drug-likeness (QED) is 0.839. The normalized spacial score (nSPS) is 28.6. The Labute approximate surface area is 165 Å². The molecule has 2 amide bonds. The number of fused-ring (bicyclic) bond motifs is 2. The number of carbonyl (C=O) groups is 1. The molecule has 0 radical (unpaired) electrons. The van der Waals surface area contributed by atoms with E-state index in [1.54, 1.807) is 6.07 Å². The molecule has 2 fully saturated rings. The number of urea groups is 1. The van der Waals surface area contributed by atoms with Gasteiger partial charge in [-0.2, -0.15) is 0 Å². The van der Waals surface area contributed by atoms with Crippen LogP contribution in [0.15, 0.2) is 48.5 Å². The number of aromatic hydroxyl groups is 1. The van der Waals surface area contributed by atoms with Gasteiger partial charge in [0, 0.05) is 31.0 Å². The highest BCUT2D eigenvalue weighted by molar-refractivity contribution is 5.76. The van der Waals surface area contributed by atoms with Crippen molar-refractivity contribution < 1.29 is 14.6 Å². The van der Waals surface area contributed by atoms with Gasteiger partial charge >= 0.3 is 6.03 Å². The Morgan fingerprint density at radius 3 is 2.82 bits per heavy atom. The molecule has 2 aromatic rings. The molecule has 5 nitrogen and oxygen atoms in total. The minimum Gasteiger partial charge on any atom is -0.508 e. The van der Waals surface area contributed by atoms with Crippen molar-refractivity contribution in [1.29, 1.82) is 0 Å². The van der Waals surface area contributed by atoms with Crippen LogP contribution < -0.4 is 5.32 Å². The second-order valence-electron chi connectivity index (χ2n) is 8.15. The standard InChI is InChI=1S/C23H26N2O3/c26-22-8-4-7-16-17(22)9-10-20(16)24-23(27)25-13-18(15-5-2-1-3-6-15)19-14-28-12-11-21(19)25/h1-8,18-21,26H,9-14H2,(H,24,27). The molecule has 0 bridgehead atoms. The maximum Gasteiger partial charge on any atom is 0.318 e. The number of amides is 2. The monoisotopic (exact) mass is 378 g/mol. The Balaban J connectivity index is 1.36. The van der Waals surface area contributed by atoms with E-state index in [-0.39, 0.29) is 18.1 Å². The fraction of sp³-hybridized carbons (Fsp3) is 0.435. The Kier molecular flexibility index (Phi) is 4.47. The van der Waals surface area contributed by atoms with Crippen molar-refractivity contribution in [3.05, 3.63) is 65.2 Å². The molecule has 5 rings (SSSR count). The number of phenolic OH excluding ortho intramolecular Hbond substituents is 1. The van der Waals surface area contributed by atoms with E-state index in [2.05, 4.69) is 29.6 Å². The van der Waals surface area contributed by atoms with Gasteiger partial charge in [0.2, 0.25) is 0 Å². The smallest absolute Gasteiger partial charge is 0.318 e. The molecule has 2 N–H and O–H groups in total. The number of nitrogens with one attached hydrogen (secondary N) is 1. The predicted molar refractivity (Wildman–Crippen MR) is 106 cm³/mol. The number of nitrogens with zero attached hydrogens (tertiary/aromatic N) is 1. The van der Waals surface area contributed by atoms with Crippen LogP contribution in [-0.4, -0.2) is 41.8 Å². The van der Waals surface area contributed by atoms with Gasteiger partial charge in [-0.05, 0) is 42.0 Å². The molecule has 4 atom stereocenters. The zero-order valence-electron chi connectivity index (χ0n) is 15.9. The Morgan fingerprint density at radius 2 is 1.96 bits per heavy atom. The molecular weight excluding hydrogens is 352 g/mol. The fourth-order valence-corrected chi connectivity index (χ4v) is 5.31. The van der Waals surface area contributed by atoms with Gasteiger partial charge in [0.1, 0.15) is 5.75 Å². The maximum absolute atomic E-state index is 13.2. The molecule has 146 valence electrons. The van der Waals surface area contributed by atoms with E-state index in [9.17, 15) is 9.90 Å². The molecule has 2 aliphatic heterocycles. The third-order valence-corrected chi connectivity index (χ3v) is 6.71. The van der Waals surface area contributed by atoms with Gasteiger partial charge in [-0.25, -0.2) is 4.79 Å².